The van der Waals surface area contributed by atoms with E-state index in [-0.39, 0.29) is 10.8 Å². The molecule has 2 nitrogen and oxygen atoms in total. The molecule has 4 aromatic rings. The third-order valence-electron chi connectivity index (χ3n) is 6.08. The molecule has 7 heteroatoms. The van der Waals surface area contributed by atoms with E-state index in [1.165, 1.54) is 43.4 Å². The SMILES string of the molecule is CCCCCCc1ccc(-c2cnc(/C=C/c3ccc4c(F)c(C#CC(F)(F)F)c(F)cc4c3)nc2)cc1. The Bertz CT molecular complexity index is 1490. The highest BCUT2D eigenvalue weighted by molar-refractivity contribution is 5.87. The highest BCUT2D eigenvalue weighted by Gasteiger charge is 2.24. The Morgan fingerprint density at radius 2 is 1.58 bits per heavy atom. The van der Waals surface area contributed by atoms with Crippen LogP contribution in [0.15, 0.2) is 60.9 Å². The first kappa shape index (κ1) is 27.0. The van der Waals surface area contributed by atoms with Gasteiger partial charge >= 0.3 is 6.18 Å². The number of aromatic nitrogens is 2. The van der Waals surface area contributed by atoms with Gasteiger partial charge in [0.15, 0.2) is 5.82 Å². The van der Waals surface area contributed by atoms with Gasteiger partial charge in [-0.3, -0.25) is 0 Å². The quantitative estimate of drug-likeness (QED) is 0.132. The molecule has 1 heterocycles. The van der Waals surface area contributed by atoms with Gasteiger partial charge in [0.2, 0.25) is 0 Å². The maximum atomic E-state index is 14.6. The summed E-state index contributed by atoms with van der Waals surface area (Å²) in [5.41, 5.74) is 2.93. The number of halogens is 5. The monoisotopic (exact) mass is 520 g/mol. The van der Waals surface area contributed by atoms with Crippen molar-refractivity contribution in [2.75, 3.05) is 0 Å². The van der Waals surface area contributed by atoms with Crippen molar-refractivity contribution in [3.05, 3.63) is 95.1 Å². The van der Waals surface area contributed by atoms with E-state index in [9.17, 15) is 22.0 Å². The van der Waals surface area contributed by atoms with Crippen LogP contribution in [0, 0.1) is 23.5 Å². The van der Waals surface area contributed by atoms with E-state index >= 15 is 0 Å². The van der Waals surface area contributed by atoms with Gasteiger partial charge < -0.3 is 0 Å². The van der Waals surface area contributed by atoms with Crippen molar-refractivity contribution in [1.29, 1.82) is 0 Å². The van der Waals surface area contributed by atoms with Crippen molar-refractivity contribution < 1.29 is 22.0 Å². The molecule has 0 fully saturated rings. The van der Waals surface area contributed by atoms with Gasteiger partial charge in [0, 0.05) is 29.3 Å². The normalized spacial score (nSPS) is 11.6. The van der Waals surface area contributed by atoms with E-state index in [0.717, 1.165) is 29.5 Å². The molecule has 0 N–H and O–H groups in total. The average Bonchev–Trinajstić information content (AvgIpc) is 2.90. The molecule has 194 valence electrons. The summed E-state index contributed by atoms with van der Waals surface area (Å²) in [4.78, 5) is 8.76. The lowest BCUT2D eigenvalue weighted by molar-refractivity contribution is -0.0696. The van der Waals surface area contributed by atoms with Crippen molar-refractivity contribution >= 4 is 22.9 Å². The molecule has 0 unspecified atom stereocenters. The van der Waals surface area contributed by atoms with Crippen molar-refractivity contribution in [2.24, 2.45) is 0 Å². The molecule has 0 aliphatic carbocycles. The largest absolute Gasteiger partial charge is 0.458 e. The number of fused-ring (bicyclic) bond motifs is 1. The van der Waals surface area contributed by atoms with Crippen LogP contribution < -0.4 is 0 Å². The molecule has 1 aromatic heterocycles. The Morgan fingerprint density at radius 1 is 0.842 bits per heavy atom. The van der Waals surface area contributed by atoms with Crippen molar-refractivity contribution in [2.45, 2.75) is 45.2 Å². The molecule has 3 aromatic carbocycles. The summed E-state index contributed by atoms with van der Waals surface area (Å²) < 4.78 is 65.9. The molecule has 4 rings (SSSR count). The molecule has 0 aliphatic rings. The predicted octanol–water partition coefficient (Wildman–Crippen LogP) is 8.78. The van der Waals surface area contributed by atoms with Crippen LogP contribution in [0.25, 0.3) is 34.1 Å². The van der Waals surface area contributed by atoms with Gasteiger partial charge in [-0.2, -0.15) is 13.2 Å². The van der Waals surface area contributed by atoms with Gasteiger partial charge in [0.25, 0.3) is 0 Å². The van der Waals surface area contributed by atoms with Crippen LogP contribution in [-0.2, 0) is 6.42 Å². The van der Waals surface area contributed by atoms with Gasteiger partial charge in [-0.25, -0.2) is 18.7 Å². The maximum absolute atomic E-state index is 14.6. The Morgan fingerprint density at radius 3 is 2.26 bits per heavy atom. The number of unbranched alkanes of at least 4 members (excludes halogenated alkanes) is 3. The number of aryl methyl sites for hydroxylation is 1. The topological polar surface area (TPSA) is 25.8 Å². The van der Waals surface area contributed by atoms with Crippen LogP contribution in [0.2, 0.25) is 0 Å². The van der Waals surface area contributed by atoms with Gasteiger partial charge in [0.1, 0.15) is 11.6 Å². The molecule has 0 saturated heterocycles. The lowest BCUT2D eigenvalue weighted by Crippen LogP contribution is -2.02. The first-order valence-electron chi connectivity index (χ1n) is 12.3. The Balaban J connectivity index is 1.46. The van der Waals surface area contributed by atoms with Crippen LogP contribution in [0.1, 0.15) is 55.1 Å². The van der Waals surface area contributed by atoms with Crippen LogP contribution in [-0.4, -0.2) is 16.1 Å². The predicted molar refractivity (Wildman–Crippen MR) is 141 cm³/mol. The first-order valence-corrected chi connectivity index (χ1v) is 12.3. The van der Waals surface area contributed by atoms with E-state index in [2.05, 4.69) is 41.2 Å². The summed E-state index contributed by atoms with van der Waals surface area (Å²) in [6.07, 6.45) is 7.97. The van der Waals surface area contributed by atoms with Crippen LogP contribution in [0.4, 0.5) is 22.0 Å². The van der Waals surface area contributed by atoms with Crippen LogP contribution in [0.3, 0.4) is 0 Å². The molecular formula is C31H25F5N2. The molecular weight excluding hydrogens is 495 g/mol. The van der Waals surface area contributed by atoms with Gasteiger partial charge in [-0.15, -0.1) is 0 Å². The van der Waals surface area contributed by atoms with E-state index < -0.39 is 23.4 Å². The maximum Gasteiger partial charge on any atom is 0.458 e. The summed E-state index contributed by atoms with van der Waals surface area (Å²) in [6, 6.07) is 13.8. The van der Waals surface area contributed by atoms with Crippen molar-refractivity contribution in [3.63, 3.8) is 0 Å². The minimum absolute atomic E-state index is 0.0254. The van der Waals surface area contributed by atoms with Gasteiger partial charge in [-0.05, 0) is 53.1 Å². The summed E-state index contributed by atoms with van der Waals surface area (Å²) in [6.45, 7) is 2.20. The fraction of sp³-hybridized carbons (Fsp3) is 0.226. The third-order valence-corrected chi connectivity index (χ3v) is 6.08. The summed E-state index contributed by atoms with van der Waals surface area (Å²) in [5.74, 6) is 0.627. The summed E-state index contributed by atoms with van der Waals surface area (Å²) in [7, 11) is 0. The smallest absolute Gasteiger partial charge is 0.236 e. The zero-order chi connectivity index (χ0) is 27.1. The Hall–Kier alpha value is -4.05. The lowest BCUT2D eigenvalue weighted by Gasteiger charge is -2.06. The first-order chi connectivity index (χ1) is 18.2. The fourth-order valence-electron chi connectivity index (χ4n) is 4.06. The zero-order valence-electron chi connectivity index (χ0n) is 20.7. The second-order valence-corrected chi connectivity index (χ2v) is 8.95. The standard InChI is InChI=1S/C31H25F5N2/c1-2-3-4-5-6-21-7-11-23(12-8-21)25-19-37-29(38-20-25)14-10-22-9-13-26-24(17-22)18-28(32)27(30(26)33)15-16-31(34,35)36/h7-14,17-20H,2-6H2,1H3/b14-10+. The van der Waals surface area contributed by atoms with Crippen LogP contribution in [0.5, 0.6) is 0 Å². The Labute approximate surface area is 218 Å². The molecule has 0 amide bonds. The third kappa shape index (κ3) is 7.04. The highest BCUT2D eigenvalue weighted by Crippen LogP contribution is 2.26. The summed E-state index contributed by atoms with van der Waals surface area (Å²) in [5, 5.41) is 0.174. The van der Waals surface area contributed by atoms with Crippen LogP contribution >= 0.6 is 0 Å². The van der Waals surface area contributed by atoms with E-state index in [1.807, 2.05) is 0 Å². The van der Waals surface area contributed by atoms with Gasteiger partial charge in [0.05, 0.1) is 5.56 Å². The lowest BCUT2D eigenvalue weighted by atomic mass is 10.0. The van der Waals surface area contributed by atoms with E-state index in [0.29, 0.717) is 11.4 Å². The second kappa shape index (κ2) is 12.0. The average molecular weight is 521 g/mol. The highest BCUT2D eigenvalue weighted by atomic mass is 19.4. The van der Waals surface area contributed by atoms with Crippen molar-refractivity contribution in [3.8, 4) is 23.0 Å². The Kier molecular flexibility index (Phi) is 8.52. The second-order valence-electron chi connectivity index (χ2n) is 8.95. The molecule has 0 saturated carbocycles. The molecule has 0 spiro atoms. The molecule has 0 aliphatic heterocycles. The number of alkyl halides is 3. The molecule has 0 bridgehead atoms. The molecule has 0 atom stereocenters. The number of nitrogens with zero attached hydrogens (tertiary/aromatic N) is 2. The molecule has 38 heavy (non-hydrogen) atoms. The number of hydrogen-bond donors (Lipinski definition) is 0. The van der Waals surface area contributed by atoms with Crippen molar-refractivity contribution in [1.82, 2.24) is 9.97 Å². The zero-order valence-corrected chi connectivity index (χ0v) is 20.7. The minimum Gasteiger partial charge on any atom is -0.236 e. The van der Waals surface area contributed by atoms with E-state index in [1.54, 1.807) is 36.5 Å². The number of hydrogen-bond acceptors (Lipinski definition) is 2. The van der Waals surface area contributed by atoms with Gasteiger partial charge in [-0.1, -0.05) is 74.6 Å². The molecule has 0 radical (unpaired) electrons. The number of rotatable bonds is 8. The fourth-order valence-corrected chi connectivity index (χ4v) is 4.06. The number of benzene rings is 3. The summed E-state index contributed by atoms with van der Waals surface area (Å²) >= 11 is 0. The minimum atomic E-state index is -4.85. The van der Waals surface area contributed by atoms with E-state index in [4.69, 9.17) is 0 Å².